The number of nitrogens with zero attached hydrogens (tertiary/aromatic N) is 5. The Kier molecular flexibility index (Phi) is 2.90. The van der Waals surface area contributed by atoms with Crippen molar-refractivity contribution in [2.24, 2.45) is 7.05 Å². The highest BCUT2D eigenvalue weighted by Gasteiger charge is 2.08. The van der Waals surface area contributed by atoms with E-state index in [-0.39, 0.29) is 0 Å². The second-order valence-electron chi connectivity index (χ2n) is 4.39. The highest BCUT2D eigenvalue weighted by atomic mass is 32.2. The number of aryl methyl sites for hydroxylation is 1. The number of nitrogens with two attached hydrogens (primary N) is 1. The fourth-order valence-corrected chi connectivity index (χ4v) is 2.62. The molecule has 0 radical (unpaired) electrons. The molecule has 19 heavy (non-hydrogen) atoms. The van der Waals surface area contributed by atoms with Crippen molar-refractivity contribution in [3.8, 4) is 0 Å². The summed E-state index contributed by atoms with van der Waals surface area (Å²) in [7, 11) is 1.85. The van der Waals surface area contributed by atoms with Gasteiger partial charge in [0.2, 0.25) is 5.95 Å². The van der Waals surface area contributed by atoms with Crippen LogP contribution >= 0.6 is 11.8 Å². The molecule has 0 fully saturated rings. The summed E-state index contributed by atoms with van der Waals surface area (Å²) in [6.45, 7) is 2.07. The fraction of sp³-hybridized carbons (Fsp3) is 0.250. The summed E-state index contributed by atoms with van der Waals surface area (Å²) in [4.78, 5) is 4.56. The molecule has 0 bridgehead atoms. The van der Waals surface area contributed by atoms with Crippen molar-refractivity contribution in [2.45, 2.75) is 17.8 Å². The lowest BCUT2D eigenvalue weighted by Gasteiger charge is -1.98. The largest absolute Gasteiger partial charge is 0.368 e. The van der Waals surface area contributed by atoms with Gasteiger partial charge in [0.05, 0.1) is 5.69 Å². The van der Waals surface area contributed by atoms with Crippen molar-refractivity contribution >= 4 is 23.4 Å². The average Bonchev–Trinajstić information content (AvgIpc) is 2.92. The van der Waals surface area contributed by atoms with E-state index >= 15 is 0 Å². The molecule has 6 nitrogen and oxygen atoms in total. The van der Waals surface area contributed by atoms with Crippen LogP contribution in [0.1, 0.15) is 11.3 Å². The van der Waals surface area contributed by atoms with Crippen molar-refractivity contribution in [1.82, 2.24) is 24.1 Å². The average molecular weight is 274 g/mol. The van der Waals surface area contributed by atoms with Crippen molar-refractivity contribution < 1.29 is 0 Å². The van der Waals surface area contributed by atoms with E-state index in [4.69, 9.17) is 5.73 Å². The molecular formula is C12H14N6S. The summed E-state index contributed by atoms with van der Waals surface area (Å²) in [6, 6.07) is 4.08. The van der Waals surface area contributed by atoms with Gasteiger partial charge in [-0.3, -0.25) is 4.57 Å². The van der Waals surface area contributed by atoms with Crippen LogP contribution in [0.4, 0.5) is 5.95 Å². The van der Waals surface area contributed by atoms with Gasteiger partial charge in [0, 0.05) is 25.2 Å². The van der Waals surface area contributed by atoms with E-state index in [1.807, 2.05) is 23.7 Å². The van der Waals surface area contributed by atoms with E-state index in [0.29, 0.717) is 5.95 Å². The highest BCUT2D eigenvalue weighted by Crippen LogP contribution is 2.21. The topological polar surface area (TPSA) is 74.0 Å². The summed E-state index contributed by atoms with van der Waals surface area (Å²) in [5.74, 6) is 1.17. The van der Waals surface area contributed by atoms with Crippen LogP contribution in [0.5, 0.6) is 0 Å². The zero-order valence-electron chi connectivity index (χ0n) is 10.7. The number of imidazole rings is 1. The Labute approximate surface area is 114 Å². The Bertz CT molecular complexity index is 729. The summed E-state index contributed by atoms with van der Waals surface area (Å²) >= 11 is 1.57. The molecule has 3 aromatic rings. The van der Waals surface area contributed by atoms with Gasteiger partial charge in [-0.15, -0.1) is 10.2 Å². The standard InChI is InChI=1S/C12H14N6S/c1-8-3-4-10-14-9(6-18(10)5-8)7-19-12-16-15-11(13)17(12)2/h3-6H,7H2,1-2H3,(H2,13,15). The van der Waals surface area contributed by atoms with Crippen LogP contribution in [0, 0.1) is 6.92 Å². The molecule has 3 aromatic heterocycles. The molecule has 0 atom stereocenters. The Hall–Kier alpha value is -2.02. The molecule has 3 heterocycles. The van der Waals surface area contributed by atoms with Crippen molar-refractivity contribution in [1.29, 1.82) is 0 Å². The minimum atomic E-state index is 0.424. The Morgan fingerprint density at radius 1 is 1.26 bits per heavy atom. The van der Waals surface area contributed by atoms with Crippen molar-refractivity contribution in [2.75, 3.05) is 5.73 Å². The Morgan fingerprint density at radius 2 is 2.11 bits per heavy atom. The third-order valence-electron chi connectivity index (χ3n) is 2.87. The lowest BCUT2D eigenvalue weighted by atomic mass is 10.3. The third-order valence-corrected chi connectivity index (χ3v) is 3.92. The molecule has 0 saturated heterocycles. The van der Waals surface area contributed by atoms with E-state index in [1.165, 1.54) is 5.56 Å². The number of rotatable bonds is 3. The number of hydrogen-bond acceptors (Lipinski definition) is 5. The lowest BCUT2D eigenvalue weighted by molar-refractivity contribution is 0.795. The Balaban J connectivity index is 1.80. The van der Waals surface area contributed by atoms with E-state index in [1.54, 1.807) is 16.3 Å². The summed E-state index contributed by atoms with van der Waals surface area (Å²) in [6.07, 6.45) is 4.10. The maximum absolute atomic E-state index is 5.64. The summed E-state index contributed by atoms with van der Waals surface area (Å²) in [5, 5.41) is 8.64. The van der Waals surface area contributed by atoms with Gasteiger partial charge < -0.3 is 10.1 Å². The number of pyridine rings is 1. The summed E-state index contributed by atoms with van der Waals surface area (Å²) < 4.78 is 3.81. The van der Waals surface area contributed by atoms with Gasteiger partial charge in [0.25, 0.3) is 0 Å². The van der Waals surface area contributed by atoms with Gasteiger partial charge in [-0.25, -0.2) is 4.98 Å². The molecule has 0 spiro atoms. The number of aromatic nitrogens is 5. The molecule has 0 aliphatic heterocycles. The zero-order chi connectivity index (χ0) is 13.4. The first-order chi connectivity index (χ1) is 9.13. The molecule has 0 saturated carbocycles. The Morgan fingerprint density at radius 3 is 2.84 bits per heavy atom. The normalized spacial score (nSPS) is 11.3. The first kappa shape index (κ1) is 12.0. The maximum atomic E-state index is 5.64. The van der Waals surface area contributed by atoms with Gasteiger partial charge in [-0.05, 0) is 18.6 Å². The molecule has 2 N–H and O–H groups in total. The van der Waals surface area contributed by atoms with Gasteiger partial charge in [0.15, 0.2) is 5.16 Å². The molecule has 98 valence electrons. The lowest BCUT2D eigenvalue weighted by Crippen LogP contribution is -1.98. The van der Waals surface area contributed by atoms with Gasteiger partial charge in [-0.1, -0.05) is 17.8 Å². The number of hydrogen-bond donors (Lipinski definition) is 1. The first-order valence-electron chi connectivity index (χ1n) is 5.85. The summed E-state index contributed by atoms with van der Waals surface area (Å²) in [5.41, 5.74) is 8.83. The van der Waals surface area contributed by atoms with Crippen LogP contribution in [-0.2, 0) is 12.8 Å². The SMILES string of the molecule is Cc1ccc2nc(CSc3nnc(N)n3C)cn2c1. The molecule has 0 unspecified atom stereocenters. The molecule has 0 aromatic carbocycles. The maximum Gasteiger partial charge on any atom is 0.222 e. The number of fused-ring (bicyclic) bond motifs is 1. The predicted molar refractivity (Wildman–Crippen MR) is 74.9 cm³/mol. The molecule has 0 aliphatic carbocycles. The van der Waals surface area contributed by atoms with E-state index in [9.17, 15) is 0 Å². The number of anilines is 1. The third kappa shape index (κ3) is 2.28. The van der Waals surface area contributed by atoms with Crippen molar-refractivity contribution in [3.05, 3.63) is 35.8 Å². The van der Waals surface area contributed by atoms with Crippen LogP contribution < -0.4 is 5.73 Å². The van der Waals surface area contributed by atoms with E-state index < -0.39 is 0 Å². The predicted octanol–water partition coefficient (Wildman–Crippen LogP) is 1.65. The fourth-order valence-electron chi connectivity index (χ4n) is 1.82. The van der Waals surface area contributed by atoms with Gasteiger partial charge >= 0.3 is 0 Å². The van der Waals surface area contributed by atoms with Crippen LogP contribution in [-0.4, -0.2) is 24.1 Å². The number of nitrogen functional groups attached to an aromatic ring is 1. The van der Waals surface area contributed by atoms with Crippen molar-refractivity contribution in [3.63, 3.8) is 0 Å². The molecule has 7 heteroatoms. The molecule has 3 rings (SSSR count). The second kappa shape index (κ2) is 4.58. The molecule has 0 amide bonds. The molecule has 0 aliphatic rings. The smallest absolute Gasteiger partial charge is 0.222 e. The zero-order valence-corrected chi connectivity index (χ0v) is 11.6. The van der Waals surface area contributed by atoms with Crippen LogP contribution in [0.25, 0.3) is 5.65 Å². The molecular weight excluding hydrogens is 260 g/mol. The first-order valence-corrected chi connectivity index (χ1v) is 6.84. The van der Waals surface area contributed by atoms with Crippen LogP contribution in [0.3, 0.4) is 0 Å². The monoisotopic (exact) mass is 274 g/mol. The minimum Gasteiger partial charge on any atom is -0.368 e. The second-order valence-corrected chi connectivity index (χ2v) is 5.34. The van der Waals surface area contributed by atoms with Crippen LogP contribution in [0.2, 0.25) is 0 Å². The van der Waals surface area contributed by atoms with Crippen LogP contribution in [0.15, 0.2) is 29.7 Å². The van der Waals surface area contributed by atoms with E-state index in [2.05, 4.69) is 34.4 Å². The number of thioether (sulfide) groups is 1. The van der Waals surface area contributed by atoms with Gasteiger partial charge in [0.1, 0.15) is 5.65 Å². The quantitative estimate of drug-likeness (QED) is 0.735. The highest BCUT2D eigenvalue weighted by molar-refractivity contribution is 7.98. The van der Waals surface area contributed by atoms with E-state index in [0.717, 1.165) is 22.3 Å². The minimum absolute atomic E-state index is 0.424. The van der Waals surface area contributed by atoms with Gasteiger partial charge in [-0.2, -0.15) is 0 Å².